The van der Waals surface area contributed by atoms with Crippen LogP contribution < -0.4 is 5.73 Å². The molecule has 1 aromatic carbocycles. The van der Waals surface area contributed by atoms with Crippen LogP contribution in [0.4, 0.5) is 4.39 Å². The summed E-state index contributed by atoms with van der Waals surface area (Å²) >= 11 is 0. The second-order valence-electron chi connectivity index (χ2n) is 3.13. The summed E-state index contributed by atoms with van der Waals surface area (Å²) < 4.78 is 15.2. The summed E-state index contributed by atoms with van der Waals surface area (Å²) in [7, 11) is 1.89. The Hall–Kier alpha value is -1.35. The summed E-state index contributed by atoms with van der Waals surface area (Å²) in [5.41, 5.74) is 6.87. The van der Waals surface area contributed by atoms with Gasteiger partial charge in [0.15, 0.2) is 0 Å². The van der Waals surface area contributed by atoms with Gasteiger partial charge in [0.05, 0.1) is 5.52 Å². The van der Waals surface area contributed by atoms with Crippen LogP contribution in [0.2, 0.25) is 0 Å². The number of aromatic nitrogens is 1. The molecule has 0 aliphatic carbocycles. The Bertz CT molecular complexity index is 445. The van der Waals surface area contributed by atoms with Crippen LogP contribution in [0.5, 0.6) is 0 Å². The molecule has 0 aliphatic heterocycles. The van der Waals surface area contributed by atoms with Gasteiger partial charge < -0.3 is 10.3 Å². The standard InChI is InChI=1S/C10H11FN2/c1-13-3-2-7-4-8(6-12)9(11)5-10(7)13/h2-5H,6,12H2,1H3. The number of fused-ring (bicyclic) bond motifs is 1. The lowest BCUT2D eigenvalue weighted by molar-refractivity contribution is 0.612. The molecule has 3 heteroatoms. The summed E-state index contributed by atoms with van der Waals surface area (Å²) in [5.74, 6) is -0.225. The summed E-state index contributed by atoms with van der Waals surface area (Å²) in [6.45, 7) is 0.247. The van der Waals surface area contributed by atoms with E-state index in [-0.39, 0.29) is 12.4 Å². The highest BCUT2D eigenvalue weighted by atomic mass is 19.1. The van der Waals surface area contributed by atoms with E-state index in [1.54, 1.807) is 6.07 Å². The van der Waals surface area contributed by atoms with Crippen molar-refractivity contribution >= 4 is 10.9 Å². The number of rotatable bonds is 1. The molecule has 0 radical (unpaired) electrons. The minimum Gasteiger partial charge on any atom is -0.350 e. The van der Waals surface area contributed by atoms with Gasteiger partial charge in [-0.15, -0.1) is 0 Å². The quantitative estimate of drug-likeness (QED) is 0.709. The van der Waals surface area contributed by atoms with E-state index in [0.717, 1.165) is 10.9 Å². The average molecular weight is 178 g/mol. The zero-order chi connectivity index (χ0) is 9.42. The van der Waals surface area contributed by atoms with Crippen molar-refractivity contribution in [1.82, 2.24) is 4.57 Å². The fourth-order valence-electron chi connectivity index (χ4n) is 1.49. The lowest BCUT2D eigenvalue weighted by Crippen LogP contribution is -1.99. The van der Waals surface area contributed by atoms with Gasteiger partial charge in [-0.25, -0.2) is 4.39 Å². The second kappa shape index (κ2) is 2.85. The molecule has 0 saturated heterocycles. The van der Waals surface area contributed by atoms with Gasteiger partial charge in [-0.2, -0.15) is 0 Å². The van der Waals surface area contributed by atoms with E-state index in [9.17, 15) is 4.39 Å². The molecule has 1 heterocycles. The largest absolute Gasteiger partial charge is 0.350 e. The van der Waals surface area contributed by atoms with Gasteiger partial charge in [0.1, 0.15) is 5.82 Å². The Morgan fingerprint density at radius 1 is 1.46 bits per heavy atom. The summed E-state index contributed by atoms with van der Waals surface area (Å²) in [6, 6.07) is 5.27. The van der Waals surface area contributed by atoms with Gasteiger partial charge in [0, 0.05) is 30.7 Å². The smallest absolute Gasteiger partial charge is 0.129 e. The molecule has 0 atom stereocenters. The molecule has 0 aliphatic rings. The molecule has 0 fully saturated rings. The van der Waals surface area contributed by atoms with Crippen molar-refractivity contribution in [3.63, 3.8) is 0 Å². The van der Waals surface area contributed by atoms with Gasteiger partial charge in [-0.1, -0.05) is 0 Å². The number of nitrogens with two attached hydrogens (primary N) is 1. The van der Waals surface area contributed by atoms with Crippen LogP contribution in [0.25, 0.3) is 10.9 Å². The Morgan fingerprint density at radius 3 is 2.92 bits per heavy atom. The Labute approximate surface area is 75.8 Å². The Morgan fingerprint density at radius 2 is 2.23 bits per heavy atom. The molecule has 2 aromatic rings. The summed E-state index contributed by atoms with van der Waals surface area (Å²) in [6.07, 6.45) is 1.91. The van der Waals surface area contributed by atoms with Crippen LogP contribution in [0.1, 0.15) is 5.56 Å². The molecular formula is C10H11FN2. The highest BCUT2D eigenvalue weighted by Gasteiger charge is 2.04. The van der Waals surface area contributed by atoms with E-state index in [2.05, 4.69) is 0 Å². The fourth-order valence-corrected chi connectivity index (χ4v) is 1.49. The van der Waals surface area contributed by atoms with E-state index >= 15 is 0 Å². The van der Waals surface area contributed by atoms with Crippen molar-refractivity contribution in [3.05, 3.63) is 35.8 Å². The maximum Gasteiger partial charge on any atom is 0.129 e. The first-order chi connectivity index (χ1) is 6.22. The number of benzene rings is 1. The van der Waals surface area contributed by atoms with Crippen molar-refractivity contribution in [3.8, 4) is 0 Å². The van der Waals surface area contributed by atoms with Crippen LogP contribution in [0.15, 0.2) is 24.4 Å². The lowest BCUT2D eigenvalue weighted by atomic mass is 10.1. The minimum absolute atomic E-state index is 0.225. The van der Waals surface area contributed by atoms with Gasteiger partial charge in [0.25, 0.3) is 0 Å². The van der Waals surface area contributed by atoms with Gasteiger partial charge >= 0.3 is 0 Å². The van der Waals surface area contributed by atoms with E-state index in [0.29, 0.717) is 5.56 Å². The van der Waals surface area contributed by atoms with Crippen LogP contribution in [-0.2, 0) is 13.6 Å². The Balaban J connectivity index is 2.76. The van der Waals surface area contributed by atoms with E-state index in [4.69, 9.17) is 5.73 Å². The predicted molar refractivity (Wildman–Crippen MR) is 50.8 cm³/mol. The zero-order valence-corrected chi connectivity index (χ0v) is 7.42. The SMILES string of the molecule is Cn1ccc2cc(CN)c(F)cc21. The van der Waals surface area contributed by atoms with Crippen molar-refractivity contribution in [2.75, 3.05) is 0 Å². The Kier molecular flexibility index (Phi) is 1.81. The van der Waals surface area contributed by atoms with Crippen molar-refractivity contribution in [1.29, 1.82) is 0 Å². The molecule has 1 aromatic heterocycles. The molecule has 0 bridgehead atoms. The first-order valence-corrected chi connectivity index (χ1v) is 4.16. The number of aryl methyl sites for hydroxylation is 1. The average Bonchev–Trinajstić information content (AvgIpc) is 2.47. The van der Waals surface area contributed by atoms with Gasteiger partial charge in [0.2, 0.25) is 0 Å². The topological polar surface area (TPSA) is 30.9 Å². The number of hydrogen-bond acceptors (Lipinski definition) is 1. The van der Waals surface area contributed by atoms with Crippen molar-refractivity contribution in [2.45, 2.75) is 6.54 Å². The highest BCUT2D eigenvalue weighted by molar-refractivity contribution is 5.80. The van der Waals surface area contributed by atoms with E-state index in [1.807, 2.05) is 23.9 Å². The molecule has 0 saturated carbocycles. The normalized spacial score (nSPS) is 11.0. The molecule has 68 valence electrons. The monoisotopic (exact) mass is 178 g/mol. The molecule has 13 heavy (non-hydrogen) atoms. The molecular weight excluding hydrogens is 167 g/mol. The maximum absolute atomic E-state index is 13.3. The second-order valence-corrected chi connectivity index (χ2v) is 3.13. The fraction of sp³-hybridized carbons (Fsp3) is 0.200. The van der Waals surface area contributed by atoms with Gasteiger partial charge in [-0.05, 0) is 18.2 Å². The summed E-state index contributed by atoms with van der Waals surface area (Å²) in [4.78, 5) is 0. The van der Waals surface area contributed by atoms with E-state index < -0.39 is 0 Å². The predicted octanol–water partition coefficient (Wildman–Crippen LogP) is 1.78. The third-order valence-corrected chi connectivity index (χ3v) is 2.27. The third-order valence-electron chi connectivity index (χ3n) is 2.27. The summed E-state index contributed by atoms with van der Waals surface area (Å²) in [5, 5.41) is 1.03. The molecule has 0 spiro atoms. The third kappa shape index (κ3) is 1.21. The molecule has 2 nitrogen and oxygen atoms in total. The number of hydrogen-bond donors (Lipinski definition) is 1. The molecule has 2 rings (SSSR count). The van der Waals surface area contributed by atoms with Crippen LogP contribution in [0, 0.1) is 5.82 Å². The maximum atomic E-state index is 13.3. The van der Waals surface area contributed by atoms with Gasteiger partial charge in [-0.3, -0.25) is 0 Å². The molecule has 0 amide bonds. The van der Waals surface area contributed by atoms with Crippen molar-refractivity contribution in [2.24, 2.45) is 12.8 Å². The molecule has 0 unspecified atom stereocenters. The number of halogens is 1. The zero-order valence-electron chi connectivity index (χ0n) is 7.42. The first-order valence-electron chi connectivity index (χ1n) is 4.16. The minimum atomic E-state index is -0.225. The van der Waals surface area contributed by atoms with E-state index in [1.165, 1.54) is 6.07 Å². The van der Waals surface area contributed by atoms with Crippen LogP contribution >= 0.6 is 0 Å². The van der Waals surface area contributed by atoms with Crippen LogP contribution in [-0.4, -0.2) is 4.57 Å². The highest BCUT2D eigenvalue weighted by Crippen LogP contribution is 2.19. The lowest BCUT2D eigenvalue weighted by Gasteiger charge is -2.01. The number of nitrogens with zero attached hydrogens (tertiary/aromatic N) is 1. The van der Waals surface area contributed by atoms with Crippen molar-refractivity contribution < 1.29 is 4.39 Å². The first kappa shape index (κ1) is 8.26. The van der Waals surface area contributed by atoms with Crippen LogP contribution in [0.3, 0.4) is 0 Å². The molecule has 2 N–H and O–H groups in total.